The summed E-state index contributed by atoms with van der Waals surface area (Å²) in [5.41, 5.74) is 1.01. The summed E-state index contributed by atoms with van der Waals surface area (Å²) in [5.74, 6) is -1.29. The first-order valence-corrected chi connectivity index (χ1v) is 6.51. The molecular formula is C13H12O4S. The molecule has 0 aliphatic carbocycles. The Morgan fingerprint density at radius 3 is 2.28 bits per heavy atom. The molecule has 1 aliphatic heterocycles. The van der Waals surface area contributed by atoms with E-state index >= 15 is 0 Å². The summed E-state index contributed by atoms with van der Waals surface area (Å²) in [6, 6.07) is 7.61. The van der Waals surface area contributed by atoms with Gasteiger partial charge in [-0.25, -0.2) is 9.59 Å². The molecule has 2 rings (SSSR count). The minimum absolute atomic E-state index is 0.0289. The number of carbonyl (C=O) groups is 2. The lowest BCUT2D eigenvalue weighted by Gasteiger charge is -2.08. The molecule has 94 valence electrons. The van der Waals surface area contributed by atoms with Crippen molar-refractivity contribution in [3.8, 4) is 0 Å². The van der Waals surface area contributed by atoms with Crippen LogP contribution in [0.15, 0.2) is 34.6 Å². The molecule has 0 amide bonds. The van der Waals surface area contributed by atoms with E-state index in [4.69, 9.17) is 0 Å². The van der Waals surface area contributed by atoms with Gasteiger partial charge in [0.2, 0.25) is 0 Å². The summed E-state index contributed by atoms with van der Waals surface area (Å²) < 4.78 is 9.32. The summed E-state index contributed by atoms with van der Waals surface area (Å²) in [6.45, 7) is 0. The van der Waals surface area contributed by atoms with E-state index < -0.39 is 22.4 Å². The molecule has 0 radical (unpaired) electrons. The molecule has 1 unspecified atom stereocenters. The first-order valence-electron chi connectivity index (χ1n) is 5.23. The van der Waals surface area contributed by atoms with Crippen molar-refractivity contribution in [2.24, 2.45) is 0 Å². The number of hydrogen-bond donors (Lipinski definition) is 0. The van der Waals surface area contributed by atoms with Crippen molar-refractivity contribution in [2.75, 3.05) is 14.2 Å². The normalized spacial score (nSPS) is 16.0. The predicted octanol–water partition coefficient (Wildman–Crippen LogP) is 1.82. The highest BCUT2D eigenvalue weighted by Gasteiger charge is 2.26. The lowest BCUT2D eigenvalue weighted by atomic mass is 10.2. The number of carbonyl (C=O) groups excluding carboxylic acids is 2. The fourth-order valence-corrected chi connectivity index (χ4v) is 3.59. The van der Waals surface area contributed by atoms with E-state index in [1.807, 2.05) is 35.7 Å². The van der Waals surface area contributed by atoms with Gasteiger partial charge in [0.25, 0.3) is 0 Å². The molecule has 1 aromatic carbocycles. The molecule has 5 heteroatoms. The first kappa shape index (κ1) is 12.6. The Bertz CT molecular complexity index is 554. The zero-order valence-corrected chi connectivity index (χ0v) is 10.8. The van der Waals surface area contributed by atoms with E-state index in [1.165, 1.54) is 14.2 Å². The zero-order chi connectivity index (χ0) is 13.1. The van der Waals surface area contributed by atoms with Crippen LogP contribution in [0.4, 0.5) is 0 Å². The van der Waals surface area contributed by atoms with E-state index in [-0.39, 0.29) is 4.86 Å². The van der Waals surface area contributed by atoms with Crippen LogP contribution in [0.1, 0.15) is 5.56 Å². The fourth-order valence-electron chi connectivity index (χ4n) is 1.66. The number of benzene rings is 1. The Morgan fingerprint density at radius 2 is 1.67 bits per heavy atom. The fraction of sp³-hybridized carbons (Fsp3) is 0.154. The second-order valence-corrected chi connectivity index (χ2v) is 5.29. The molecule has 4 nitrogen and oxygen atoms in total. The number of esters is 2. The average Bonchev–Trinajstić information content (AvgIpc) is 2.82. The molecule has 0 saturated heterocycles. The van der Waals surface area contributed by atoms with Crippen molar-refractivity contribution in [3.05, 3.63) is 35.2 Å². The second-order valence-electron chi connectivity index (χ2n) is 3.49. The van der Waals surface area contributed by atoms with Crippen LogP contribution < -0.4 is 0 Å². The molecule has 18 heavy (non-hydrogen) atoms. The Hall–Kier alpha value is -1.88. The minimum Gasteiger partial charge on any atom is -0.465 e. The van der Waals surface area contributed by atoms with Crippen molar-refractivity contribution in [2.45, 2.75) is 4.90 Å². The maximum Gasteiger partial charge on any atom is 0.351 e. The SMILES string of the molecule is COC(=O)C(C(=O)OC)=S1C=Cc2ccccc21. The molecule has 0 N–H and O–H groups in total. The largest absolute Gasteiger partial charge is 0.465 e. The number of hydrogen-bond acceptors (Lipinski definition) is 4. The van der Waals surface area contributed by atoms with Crippen LogP contribution in [-0.2, 0) is 19.1 Å². The Labute approximate surface area is 107 Å². The van der Waals surface area contributed by atoms with Crippen molar-refractivity contribution in [1.29, 1.82) is 0 Å². The van der Waals surface area contributed by atoms with Gasteiger partial charge >= 0.3 is 11.9 Å². The third kappa shape index (κ3) is 2.09. The highest BCUT2D eigenvalue weighted by Crippen LogP contribution is 2.39. The van der Waals surface area contributed by atoms with Gasteiger partial charge in [0, 0.05) is 4.90 Å². The minimum atomic E-state index is -0.713. The van der Waals surface area contributed by atoms with Gasteiger partial charge in [-0.15, -0.1) is 10.5 Å². The van der Waals surface area contributed by atoms with Gasteiger partial charge in [-0.1, -0.05) is 18.2 Å². The van der Waals surface area contributed by atoms with Gasteiger partial charge in [0.15, 0.2) is 4.86 Å². The molecule has 1 aromatic rings. The van der Waals surface area contributed by atoms with E-state index in [0.29, 0.717) is 0 Å². The van der Waals surface area contributed by atoms with Crippen LogP contribution >= 0.6 is 10.5 Å². The Kier molecular flexibility index (Phi) is 3.62. The molecule has 1 atom stereocenters. The van der Waals surface area contributed by atoms with Crippen molar-refractivity contribution < 1.29 is 19.1 Å². The Balaban J connectivity index is 2.61. The predicted molar refractivity (Wildman–Crippen MR) is 70.4 cm³/mol. The third-order valence-electron chi connectivity index (χ3n) is 2.50. The van der Waals surface area contributed by atoms with E-state index in [2.05, 4.69) is 9.47 Å². The Morgan fingerprint density at radius 1 is 1.06 bits per heavy atom. The number of rotatable bonds is 2. The van der Waals surface area contributed by atoms with Gasteiger partial charge in [-0.3, -0.25) is 0 Å². The second kappa shape index (κ2) is 5.18. The molecule has 0 saturated carbocycles. The average molecular weight is 264 g/mol. The number of methoxy groups -OCH3 is 2. The van der Waals surface area contributed by atoms with Gasteiger partial charge in [-0.2, -0.15) is 0 Å². The molecule has 0 spiro atoms. The summed E-state index contributed by atoms with van der Waals surface area (Å²) in [7, 11) is 1.79. The van der Waals surface area contributed by atoms with Crippen LogP contribution in [0.3, 0.4) is 0 Å². The maximum absolute atomic E-state index is 11.7. The standard InChI is InChI=1S/C13H12O4S/c1-16-12(14)11(13(15)17-2)18-8-7-9-5-3-4-6-10(9)18/h3-8H,1-2H3. The van der Waals surface area contributed by atoms with Crippen molar-refractivity contribution >= 4 is 33.4 Å². The summed E-state index contributed by atoms with van der Waals surface area (Å²) in [6.07, 6.45) is 1.89. The van der Waals surface area contributed by atoms with Crippen LogP contribution in [0.25, 0.3) is 6.08 Å². The lowest BCUT2D eigenvalue weighted by molar-refractivity contribution is -0.137. The molecule has 0 fully saturated rings. The molecular weight excluding hydrogens is 252 g/mol. The van der Waals surface area contributed by atoms with Gasteiger partial charge < -0.3 is 9.47 Å². The zero-order valence-electron chi connectivity index (χ0n) is 10.0. The van der Waals surface area contributed by atoms with E-state index in [1.54, 1.807) is 0 Å². The molecule has 1 aliphatic rings. The van der Waals surface area contributed by atoms with Gasteiger partial charge in [0.1, 0.15) is 0 Å². The smallest absolute Gasteiger partial charge is 0.351 e. The van der Waals surface area contributed by atoms with Crippen LogP contribution in [0, 0.1) is 0 Å². The topological polar surface area (TPSA) is 52.6 Å². The number of ether oxygens (including phenoxy) is 2. The van der Waals surface area contributed by atoms with Gasteiger partial charge in [0.05, 0.1) is 14.2 Å². The van der Waals surface area contributed by atoms with Gasteiger partial charge in [-0.05, 0) is 23.1 Å². The van der Waals surface area contributed by atoms with E-state index in [0.717, 1.165) is 10.5 Å². The summed E-state index contributed by atoms with van der Waals surface area (Å²) in [4.78, 5) is 24.4. The molecule has 1 heterocycles. The summed E-state index contributed by atoms with van der Waals surface area (Å²) >= 11 is 0. The monoisotopic (exact) mass is 264 g/mol. The number of fused-ring (bicyclic) bond motifs is 1. The van der Waals surface area contributed by atoms with E-state index in [9.17, 15) is 9.59 Å². The third-order valence-corrected chi connectivity index (χ3v) is 4.53. The van der Waals surface area contributed by atoms with Crippen LogP contribution in [0.2, 0.25) is 0 Å². The molecule has 0 bridgehead atoms. The highest BCUT2D eigenvalue weighted by molar-refractivity contribution is 8.20. The van der Waals surface area contributed by atoms with Crippen LogP contribution in [-0.4, -0.2) is 31.0 Å². The quantitative estimate of drug-likeness (QED) is 0.464. The summed E-state index contributed by atoms with van der Waals surface area (Å²) in [5, 5.41) is 1.83. The van der Waals surface area contributed by atoms with Crippen LogP contribution in [0.5, 0.6) is 0 Å². The van der Waals surface area contributed by atoms with Crippen molar-refractivity contribution in [1.82, 2.24) is 0 Å². The highest BCUT2D eigenvalue weighted by atomic mass is 32.2. The molecule has 0 aromatic heterocycles. The lowest BCUT2D eigenvalue weighted by Crippen LogP contribution is -2.26. The first-order chi connectivity index (χ1) is 8.69. The maximum atomic E-state index is 11.7. The van der Waals surface area contributed by atoms with Crippen molar-refractivity contribution in [3.63, 3.8) is 0 Å².